The summed E-state index contributed by atoms with van der Waals surface area (Å²) in [4.78, 5) is 0. The molecule has 0 fully saturated rings. The number of pyridine rings is 2. The molecule has 9 rings (SSSR count). The summed E-state index contributed by atoms with van der Waals surface area (Å²) in [6.07, 6.45) is 10.2. The second-order valence-electron chi connectivity index (χ2n) is 15.1. The third-order valence-corrected chi connectivity index (χ3v) is 13.2. The standard InChI is InChI=1S/C44H46N2/c1-7-43(6)44(8-2,28(5)38-25-31-17-12-16-30-24-32-18-13-22-45(38)41(32)39(30)31)37-20-19-34(29-14-10-9-11-15-29)35-26-36-33(27(3)4)21-23-46(43)42(36)40(35)37/h9-23,27-28,38H,7-8,24-26H2,1-6H3/q+2. The van der Waals surface area contributed by atoms with Gasteiger partial charge in [0.15, 0.2) is 24.0 Å². The highest BCUT2D eigenvalue weighted by Gasteiger charge is 2.66. The van der Waals surface area contributed by atoms with E-state index in [0.29, 0.717) is 17.9 Å². The van der Waals surface area contributed by atoms with Gasteiger partial charge < -0.3 is 0 Å². The fourth-order valence-corrected chi connectivity index (χ4v) is 11.0. The molecule has 0 radical (unpaired) electrons. The molecule has 0 spiro atoms. The highest BCUT2D eigenvalue weighted by atomic mass is 15.1. The molecule has 46 heavy (non-hydrogen) atoms. The lowest BCUT2D eigenvalue weighted by atomic mass is 9.52. The summed E-state index contributed by atoms with van der Waals surface area (Å²) in [5.41, 5.74) is 19.4. The summed E-state index contributed by atoms with van der Waals surface area (Å²) >= 11 is 0. The third-order valence-electron chi connectivity index (χ3n) is 13.2. The molecule has 4 heterocycles. The van der Waals surface area contributed by atoms with E-state index in [-0.39, 0.29) is 11.0 Å². The minimum atomic E-state index is -0.0791. The smallest absolute Gasteiger partial charge is 0.195 e. The van der Waals surface area contributed by atoms with E-state index in [1.54, 1.807) is 22.3 Å². The second-order valence-corrected chi connectivity index (χ2v) is 15.1. The molecule has 2 aromatic heterocycles. The Labute approximate surface area is 274 Å². The van der Waals surface area contributed by atoms with E-state index in [9.17, 15) is 0 Å². The van der Waals surface area contributed by atoms with Crippen LogP contribution < -0.4 is 9.13 Å². The number of nitrogens with zero attached hydrogens (tertiary/aromatic N) is 2. The Morgan fingerprint density at radius 3 is 2.26 bits per heavy atom. The summed E-state index contributed by atoms with van der Waals surface area (Å²) in [7, 11) is 0. The van der Waals surface area contributed by atoms with Crippen molar-refractivity contribution in [1.29, 1.82) is 0 Å². The van der Waals surface area contributed by atoms with Crippen molar-refractivity contribution in [3.8, 4) is 33.6 Å². The van der Waals surface area contributed by atoms with Crippen LogP contribution >= 0.6 is 0 Å². The van der Waals surface area contributed by atoms with Crippen molar-refractivity contribution in [2.75, 3.05) is 0 Å². The maximum atomic E-state index is 2.77. The number of aromatic nitrogens is 2. The van der Waals surface area contributed by atoms with E-state index >= 15 is 0 Å². The van der Waals surface area contributed by atoms with Gasteiger partial charge in [-0.3, -0.25) is 0 Å². The lowest BCUT2D eigenvalue weighted by Crippen LogP contribution is -2.72. The van der Waals surface area contributed by atoms with Crippen LogP contribution in [-0.2, 0) is 30.2 Å². The Hall–Kier alpha value is -4.04. The molecule has 2 nitrogen and oxygen atoms in total. The van der Waals surface area contributed by atoms with Crippen molar-refractivity contribution in [1.82, 2.24) is 0 Å². The first-order chi connectivity index (χ1) is 22.3. The summed E-state index contributed by atoms with van der Waals surface area (Å²) in [5.74, 6) is 0.893. The normalized spacial score (nSPS) is 23.4. The van der Waals surface area contributed by atoms with Gasteiger partial charge in [0.1, 0.15) is 0 Å². The predicted molar refractivity (Wildman–Crippen MR) is 187 cm³/mol. The number of benzene rings is 3. The fourth-order valence-electron chi connectivity index (χ4n) is 11.0. The topological polar surface area (TPSA) is 7.76 Å². The molecule has 4 atom stereocenters. The predicted octanol–water partition coefficient (Wildman–Crippen LogP) is 9.41. The van der Waals surface area contributed by atoms with E-state index < -0.39 is 0 Å². The van der Waals surface area contributed by atoms with Gasteiger partial charge in [0.25, 0.3) is 0 Å². The first kappa shape index (κ1) is 28.2. The molecule has 3 aromatic carbocycles. The Morgan fingerprint density at radius 1 is 0.717 bits per heavy atom. The van der Waals surface area contributed by atoms with Gasteiger partial charge >= 0.3 is 0 Å². The van der Waals surface area contributed by atoms with Crippen molar-refractivity contribution >= 4 is 0 Å². The first-order valence-electron chi connectivity index (χ1n) is 17.8. The van der Waals surface area contributed by atoms with Crippen LogP contribution in [0.3, 0.4) is 0 Å². The number of hydrogen-bond donors (Lipinski definition) is 0. The van der Waals surface area contributed by atoms with Crippen LogP contribution in [0.15, 0.2) is 91.3 Å². The molecule has 230 valence electrons. The van der Waals surface area contributed by atoms with Crippen LogP contribution in [0, 0.1) is 5.92 Å². The summed E-state index contributed by atoms with van der Waals surface area (Å²) in [6, 6.07) is 30.8. The van der Waals surface area contributed by atoms with Gasteiger partial charge in [-0.05, 0) is 57.3 Å². The van der Waals surface area contributed by atoms with Gasteiger partial charge in [0.05, 0.1) is 16.5 Å². The van der Waals surface area contributed by atoms with Crippen molar-refractivity contribution < 1.29 is 9.13 Å². The minimum Gasteiger partial charge on any atom is -0.195 e. The Bertz CT molecular complexity index is 2070. The quantitative estimate of drug-likeness (QED) is 0.168. The molecule has 0 saturated heterocycles. The van der Waals surface area contributed by atoms with E-state index in [2.05, 4.69) is 142 Å². The van der Waals surface area contributed by atoms with Crippen molar-refractivity contribution in [2.24, 2.45) is 5.92 Å². The maximum absolute atomic E-state index is 2.77. The van der Waals surface area contributed by atoms with Gasteiger partial charge in [0.2, 0.25) is 11.4 Å². The largest absolute Gasteiger partial charge is 0.217 e. The molecule has 0 amide bonds. The molecule has 2 aliphatic carbocycles. The van der Waals surface area contributed by atoms with Gasteiger partial charge in [-0.2, -0.15) is 9.13 Å². The lowest BCUT2D eigenvalue weighted by Gasteiger charge is -2.52. The molecule has 0 N–H and O–H groups in total. The van der Waals surface area contributed by atoms with Crippen LogP contribution in [0.5, 0.6) is 0 Å². The fraction of sp³-hybridized carbons (Fsp3) is 0.364. The van der Waals surface area contributed by atoms with Crippen LogP contribution in [-0.4, -0.2) is 0 Å². The Morgan fingerprint density at radius 2 is 1.50 bits per heavy atom. The van der Waals surface area contributed by atoms with Crippen LogP contribution in [0.25, 0.3) is 33.6 Å². The molecule has 0 saturated carbocycles. The number of rotatable bonds is 6. The Balaban J connectivity index is 1.33. The zero-order valence-corrected chi connectivity index (χ0v) is 28.3. The van der Waals surface area contributed by atoms with Crippen LogP contribution in [0.1, 0.15) is 105 Å². The third kappa shape index (κ3) is 3.33. The van der Waals surface area contributed by atoms with E-state index in [0.717, 1.165) is 32.1 Å². The minimum absolute atomic E-state index is 0.0617. The van der Waals surface area contributed by atoms with Crippen molar-refractivity contribution in [3.05, 3.63) is 130 Å². The zero-order valence-electron chi connectivity index (χ0n) is 28.3. The zero-order chi connectivity index (χ0) is 31.5. The van der Waals surface area contributed by atoms with Crippen molar-refractivity contribution in [2.45, 2.75) is 96.6 Å². The Kier molecular flexibility index (Phi) is 5.97. The highest BCUT2D eigenvalue weighted by Crippen LogP contribution is 2.60. The lowest BCUT2D eigenvalue weighted by molar-refractivity contribution is -0.774. The van der Waals surface area contributed by atoms with Gasteiger partial charge in [-0.15, -0.1) is 0 Å². The average molecular weight is 603 g/mol. The van der Waals surface area contributed by atoms with Gasteiger partial charge in [-0.1, -0.05) is 95.3 Å². The van der Waals surface area contributed by atoms with Gasteiger partial charge in [0, 0.05) is 61.8 Å². The summed E-state index contributed by atoms with van der Waals surface area (Å²) in [6.45, 7) is 14.9. The first-order valence-corrected chi connectivity index (χ1v) is 17.8. The highest BCUT2D eigenvalue weighted by molar-refractivity contribution is 5.86. The van der Waals surface area contributed by atoms with Crippen molar-refractivity contribution in [3.63, 3.8) is 0 Å². The van der Waals surface area contributed by atoms with E-state index in [1.807, 2.05) is 0 Å². The molecule has 5 aromatic rings. The number of hydrogen-bond acceptors (Lipinski definition) is 0. The van der Waals surface area contributed by atoms with E-state index in [1.165, 1.54) is 50.3 Å². The molecular weight excluding hydrogens is 556 g/mol. The summed E-state index contributed by atoms with van der Waals surface area (Å²) in [5, 5.41) is 0. The molecule has 2 aliphatic heterocycles. The van der Waals surface area contributed by atoms with Gasteiger partial charge in [-0.25, -0.2) is 0 Å². The van der Waals surface area contributed by atoms with Crippen LogP contribution in [0.4, 0.5) is 0 Å². The molecule has 0 bridgehead atoms. The molecule has 2 heteroatoms. The van der Waals surface area contributed by atoms with Crippen LogP contribution in [0.2, 0.25) is 0 Å². The molecular formula is C44H46N2+2. The average Bonchev–Trinajstić information content (AvgIpc) is 3.67. The molecule has 4 unspecified atom stereocenters. The second kappa shape index (κ2) is 9.74. The van der Waals surface area contributed by atoms with E-state index in [4.69, 9.17) is 0 Å². The monoisotopic (exact) mass is 602 g/mol. The maximum Gasteiger partial charge on any atom is 0.217 e. The summed E-state index contributed by atoms with van der Waals surface area (Å²) < 4.78 is 5.48. The SMILES string of the molecule is CCC1(C(C)C2Cc3cccc4c3-c3c(ccc[n+]32)C4)c2ccc(-c3ccccc3)c3c2-c2c(c(C(C)C)cc[n+]2C1(C)CC)C3. The molecule has 4 aliphatic rings.